The standard InChI is InChI=1S/C18H17BrN2O4/c1-12-5-4-6-13(9-12)18(24)25-11-17(23)20-10-16(22)21-15-8-3-2-7-14(15)19/h2-9H,10-11H2,1H3,(H,20,23)(H,21,22). The fourth-order valence-corrected chi connectivity index (χ4v) is 2.36. The van der Waals surface area contributed by atoms with Gasteiger partial charge >= 0.3 is 5.97 Å². The van der Waals surface area contributed by atoms with Crippen LogP contribution in [0.2, 0.25) is 0 Å². The molecule has 6 nitrogen and oxygen atoms in total. The third-order valence-corrected chi connectivity index (χ3v) is 3.87. The Bertz CT molecular complexity index is 792. The number of benzene rings is 2. The largest absolute Gasteiger partial charge is 0.452 e. The number of hydrogen-bond acceptors (Lipinski definition) is 4. The molecule has 0 atom stereocenters. The van der Waals surface area contributed by atoms with Crippen molar-refractivity contribution in [3.05, 3.63) is 64.1 Å². The number of anilines is 1. The van der Waals surface area contributed by atoms with Crippen LogP contribution in [0.3, 0.4) is 0 Å². The highest BCUT2D eigenvalue weighted by molar-refractivity contribution is 9.10. The highest BCUT2D eigenvalue weighted by atomic mass is 79.9. The van der Waals surface area contributed by atoms with Crippen LogP contribution in [0.1, 0.15) is 15.9 Å². The van der Waals surface area contributed by atoms with E-state index >= 15 is 0 Å². The maximum atomic E-state index is 11.8. The lowest BCUT2D eigenvalue weighted by molar-refractivity contribution is -0.126. The van der Waals surface area contributed by atoms with Gasteiger partial charge in [0.05, 0.1) is 17.8 Å². The van der Waals surface area contributed by atoms with Crippen LogP contribution in [0, 0.1) is 6.92 Å². The van der Waals surface area contributed by atoms with E-state index in [0.29, 0.717) is 11.3 Å². The number of nitrogens with one attached hydrogen (secondary N) is 2. The minimum atomic E-state index is -0.587. The summed E-state index contributed by atoms with van der Waals surface area (Å²) >= 11 is 3.31. The second-order valence-electron chi connectivity index (χ2n) is 5.25. The molecule has 0 aliphatic carbocycles. The average molecular weight is 405 g/mol. The summed E-state index contributed by atoms with van der Waals surface area (Å²) in [6.45, 7) is 1.18. The molecule has 0 radical (unpaired) electrons. The van der Waals surface area contributed by atoms with E-state index in [1.165, 1.54) is 0 Å². The fourth-order valence-electron chi connectivity index (χ4n) is 1.97. The van der Waals surface area contributed by atoms with Crippen molar-refractivity contribution in [2.45, 2.75) is 6.92 Å². The van der Waals surface area contributed by atoms with E-state index in [0.717, 1.165) is 10.0 Å². The van der Waals surface area contributed by atoms with Crippen molar-refractivity contribution in [2.24, 2.45) is 0 Å². The molecule has 2 rings (SSSR count). The van der Waals surface area contributed by atoms with Crippen LogP contribution in [-0.2, 0) is 14.3 Å². The highest BCUT2D eigenvalue weighted by Gasteiger charge is 2.11. The smallest absolute Gasteiger partial charge is 0.338 e. The molecule has 0 aromatic heterocycles. The molecule has 0 fully saturated rings. The van der Waals surface area contributed by atoms with Crippen LogP contribution >= 0.6 is 15.9 Å². The Kier molecular flexibility index (Phi) is 6.71. The molecule has 0 heterocycles. The van der Waals surface area contributed by atoms with Crippen LogP contribution in [0.25, 0.3) is 0 Å². The van der Waals surface area contributed by atoms with Gasteiger partial charge in [-0.3, -0.25) is 9.59 Å². The molecule has 0 aliphatic rings. The van der Waals surface area contributed by atoms with Crippen LogP contribution in [0.4, 0.5) is 5.69 Å². The lowest BCUT2D eigenvalue weighted by Crippen LogP contribution is -2.35. The maximum absolute atomic E-state index is 11.8. The average Bonchev–Trinajstić information content (AvgIpc) is 2.60. The zero-order valence-corrected chi connectivity index (χ0v) is 15.1. The Labute approximate surface area is 153 Å². The molecule has 2 aromatic rings. The molecule has 2 N–H and O–H groups in total. The Hall–Kier alpha value is -2.67. The predicted octanol–water partition coefficient (Wildman–Crippen LogP) is 2.67. The molecule has 25 heavy (non-hydrogen) atoms. The predicted molar refractivity (Wildman–Crippen MR) is 97.2 cm³/mol. The third-order valence-electron chi connectivity index (χ3n) is 3.18. The van der Waals surface area contributed by atoms with E-state index in [1.807, 2.05) is 19.1 Å². The number of carbonyl (C=O) groups excluding carboxylic acids is 3. The van der Waals surface area contributed by atoms with Gasteiger partial charge in [-0.25, -0.2) is 4.79 Å². The third kappa shape index (κ3) is 6.04. The number of esters is 1. The van der Waals surface area contributed by atoms with Crippen LogP contribution in [0.15, 0.2) is 53.0 Å². The van der Waals surface area contributed by atoms with Crippen molar-refractivity contribution in [1.29, 1.82) is 0 Å². The first-order chi connectivity index (χ1) is 12.0. The number of rotatable bonds is 6. The Morgan fingerprint density at radius 1 is 1.04 bits per heavy atom. The molecule has 0 saturated carbocycles. The van der Waals surface area contributed by atoms with Gasteiger partial charge in [-0.1, -0.05) is 29.8 Å². The summed E-state index contributed by atoms with van der Waals surface area (Å²) < 4.78 is 5.66. The number of halogens is 1. The fraction of sp³-hybridized carbons (Fsp3) is 0.167. The summed E-state index contributed by atoms with van der Waals surface area (Å²) in [6.07, 6.45) is 0. The first-order valence-electron chi connectivity index (χ1n) is 7.50. The van der Waals surface area contributed by atoms with Gasteiger partial charge in [0.2, 0.25) is 5.91 Å². The van der Waals surface area contributed by atoms with Crippen molar-refractivity contribution in [3.8, 4) is 0 Å². The van der Waals surface area contributed by atoms with Crippen molar-refractivity contribution < 1.29 is 19.1 Å². The quantitative estimate of drug-likeness (QED) is 0.724. The molecule has 0 unspecified atom stereocenters. The Morgan fingerprint density at radius 2 is 1.80 bits per heavy atom. The summed E-state index contributed by atoms with van der Waals surface area (Å²) in [5, 5.41) is 5.05. The van der Waals surface area contributed by atoms with Crippen molar-refractivity contribution >= 4 is 39.4 Å². The molecule has 0 saturated heterocycles. The van der Waals surface area contributed by atoms with Gasteiger partial charge in [-0.2, -0.15) is 0 Å². The molecule has 130 valence electrons. The van der Waals surface area contributed by atoms with E-state index in [4.69, 9.17) is 4.74 Å². The normalized spacial score (nSPS) is 10.0. The van der Waals surface area contributed by atoms with Gasteiger partial charge in [-0.15, -0.1) is 0 Å². The summed E-state index contributed by atoms with van der Waals surface area (Å²) in [4.78, 5) is 35.3. The van der Waals surface area contributed by atoms with E-state index in [2.05, 4.69) is 26.6 Å². The molecule has 0 spiro atoms. The summed E-state index contributed by atoms with van der Waals surface area (Å²) in [5.41, 5.74) is 1.90. The van der Waals surface area contributed by atoms with Gasteiger partial charge < -0.3 is 15.4 Å². The van der Waals surface area contributed by atoms with Crippen LogP contribution in [-0.4, -0.2) is 30.9 Å². The minimum absolute atomic E-state index is 0.220. The van der Waals surface area contributed by atoms with E-state index in [-0.39, 0.29) is 12.5 Å². The van der Waals surface area contributed by atoms with Gasteiger partial charge in [0.15, 0.2) is 6.61 Å². The lowest BCUT2D eigenvalue weighted by Gasteiger charge is -2.09. The number of para-hydroxylation sites is 1. The molecular weight excluding hydrogens is 388 g/mol. The zero-order chi connectivity index (χ0) is 18.2. The second kappa shape index (κ2) is 8.98. The number of amides is 2. The van der Waals surface area contributed by atoms with Crippen molar-refractivity contribution in [1.82, 2.24) is 5.32 Å². The summed E-state index contributed by atoms with van der Waals surface area (Å²) in [6, 6.07) is 14.0. The van der Waals surface area contributed by atoms with Crippen molar-refractivity contribution in [3.63, 3.8) is 0 Å². The molecule has 0 bridgehead atoms. The molecule has 2 amide bonds. The first kappa shape index (κ1) is 18.7. The molecular formula is C18H17BrN2O4. The van der Waals surface area contributed by atoms with Crippen LogP contribution < -0.4 is 10.6 Å². The van der Waals surface area contributed by atoms with Crippen LogP contribution in [0.5, 0.6) is 0 Å². The molecule has 2 aromatic carbocycles. The number of ether oxygens (including phenoxy) is 1. The van der Waals surface area contributed by atoms with E-state index in [1.54, 1.807) is 36.4 Å². The minimum Gasteiger partial charge on any atom is -0.452 e. The molecule has 0 aliphatic heterocycles. The first-order valence-corrected chi connectivity index (χ1v) is 8.30. The van der Waals surface area contributed by atoms with Gasteiger partial charge in [0, 0.05) is 4.47 Å². The summed E-state index contributed by atoms with van der Waals surface area (Å²) in [7, 11) is 0. The number of hydrogen-bond donors (Lipinski definition) is 2. The van der Waals surface area contributed by atoms with Gasteiger partial charge in [0.25, 0.3) is 5.91 Å². The molecule has 7 heteroatoms. The highest BCUT2D eigenvalue weighted by Crippen LogP contribution is 2.20. The summed E-state index contributed by atoms with van der Waals surface area (Å²) in [5.74, 6) is -1.52. The SMILES string of the molecule is Cc1cccc(C(=O)OCC(=O)NCC(=O)Nc2ccccc2Br)c1. The second-order valence-corrected chi connectivity index (χ2v) is 6.10. The monoisotopic (exact) mass is 404 g/mol. The van der Waals surface area contributed by atoms with E-state index in [9.17, 15) is 14.4 Å². The number of aryl methyl sites for hydroxylation is 1. The Balaban J connectivity index is 1.74. The lowest BCUT2D eigenvalue weighted by atomic mass is 10.1. The van der Waals surface area contributed by atoms with E-state index < -0.39 is 18.5 Å². The Morgan fingerprint density at radius 3 is 2.52 bits per heavy atom. The topological polar surface area (TPSA) is 84.5 Å². The van der Waals surface area contributed by atoms with Crippen molar-refractivity contribution in [2.75, 3.05) is 18.5 Å². The number of carbonyl (C=O) groups is 3. The van der Waals surface area contributed by atoms with Gasteiger partial charge in [0.1, 0.15) is 0 Å². The van der Waals surface area contributed by atoms with Gasteiger partial charge in [-0.05, 0) is 47.1 Å². The zero-order valence-electron chi connectivity index (χ0n) is 13.5. The maximum Gasteiger partial charge on any atom is 0.338 e.